The summed E-state index contributed by atoms with van der Waals surface area (Å²) >= 11 is 0. The third-order valence-electron chi connectivity index (χ3n) is 4.11. The van der Waals surface area contributed by atoms with Gasteiger partial charge in [-0.25, -0.2) is 8.78 Å². The highest BCUT2D eigenvalue weighted by Crippen LogP contribution is 2.24. The number of hydrogen-bond acceptors (Lipinski definition) is 4. The Morgan fingerprint density at radius 1 is 1.00 bits per heavy atom. The topological polar surface area (TPSA) is 64.6 Å². The minimum atomic E-state index is -0.905. The average Bonchev–Trinajstić information content (AvgIpc) is 2.66. The fourth-order valence-electron chi connectivity index (χ4n) is 2.47. The van der Waals surface area contributed by atoms with E-state index in [2.05, 4.69) is 20.8 Å². The molecule has 0 fully saturated rings. The van der Waals surface area contributed by atoms with E-state index >= 15 is 0 Å². The van der Waals surface area contributed by atoms with Crippen LogP contribution < -0.4 is 10.1 Å². The first kappa shape index (κ1) is 22.3. The first-order valence-electron chi connectivity index (χ1n) is 9.29. The van der Waals surface area contributed by atoms with E-state index in [0.717, 1.165) is 12.1 Å². The number of amides is 1. The van der Waals surface area contributed by atoms with Crippen molar-refractivity contribution in [2.24, 2.45) is 0 Å². The molecule has 7 heteroatoms. The number of esters is 1. The molecule has 29 heavy (non-hydrogen) atoms. The van der Waals surface area contributed by atoms with Crippen LogP contribution in [0.25, 0.3) is 0 Å². The van der Waals surface area contributed by atoms with Crippen molar-refractivity contribution < 1.29 is 27.8 Å². The van der Waals surface area contributed by atoms with Crippen LogP contribution in [-0.4, -0.2) is 25.1 Å². The van der Waals surface area contributed by atoms with Crippen molar-refractivity contribution in [2.45, 2.75) is 39.0 Å². The van der Waals surface area contributed by atoms with Gasteiger partial charge in [-0.05, 0) is 41.7 Å². The second-order valence-corrected chi connectivity index (χ2v) is 7.53. The van der Waals surface area contributed by atoms with Gasteiger partial charge >= 0.3 is 5.97 Å². The number of halogens is 2. The van der Waals surface area contributed by atoms with Gasteiger partial charge in [0.2, 0.25) is 0 Å². The summed E-state index contributed by atoms with van der Waals surface area (Å²) in [4.78, 5) is 23.4. The van der Waals surface area contributed by atoms with Crippen LogP contribution in [-0.2, 0) is 19.7 Å². The van der Waals surface area contributed by atoms with Crippen molar-refractivity contribution in [2.75, 3.05) is 18.5 Å². The molecule has 0 saturated carbocycles. The third kappa shape index (κ3) is 7.18. The Hall–Kier alpha value is -2.96. The summed E-state index contributed by atoms with van der Waals surface area (Å²) in [6.07, 6.45) is 0.463. The molecule has 0 saturated heterocycles. The van der Waals surface area contributed by atoms with Crippen LogP contribution >= 0.6 is 0 Å². The molecule has 0 atom stereocenters. The van der Waals surface area contributed by atoms with Crippen molar-refractivity contribution in [3.05, 3.63) is 59.7 Å². The van der Waals surface area contributed by atoms with Crippen LogP contribution in [0.3, 0.4) is 0 Å². The number of hydrogen-bond donors (Lipinski definition) is 1. The van der Waals surface area contributed by atoms with Crippen LogP contribution in [0.1, 0.15) is 39.2 Å². The van der Waals surface area contributed by atoms with E-state index in [9.17, 15) is 18.4 Å². The van der Waals surface area contributed by atoms with E-state index in [0.29, 0.717) is 18.8 Å². The Morgan fingerprint density at radius 2 is 1.62 bits per heavy atom. The first-order valence-corrected chi connectivity index (χ1v) is 9.29. The largest absolute Gasteiger partial charge is 0.494 e. The van der Waals surface area contributed by atoms with Crippen LogP contribution in [0.5, 0.6) is 5.75 Å². The fourth-order valence-corrected chi connectivity index (χ4v) is 2.47. The highest BCUT2D eigenvalue weighted by Gasteiger charge is 2.14. The second kappa shape index (κ2) is 10.0. The van der Waals surface area contributed by atoms with Gasteiger partial charge in [0, 0.05) is 6.42 Å². The Labute approximate surface area is 169 Å². The zero-order chi connectivity index (χ0) is 21.4. The number of anilines is 1. The summed E-state index contributed by atoms with van der Waals surface area (Å²) in [7, 11) is 0. The summed E-state index contributed by atoms with van der Waals surface area (Å²) in [5.74, 6) is -2.52. The summed E-state index contributed by atoms with van der Waals surface area (Å²) in [6.45, 7) is 6.07. The number of nitrogens with one attached hydrogen (secondary N) is 1. The lowest BCUT2D eigenvalue weighted by Crippen LogP contribution is -2.22. The van der Waals surface area contributed by atoms with E-state index in [1.54, 1.807) is 0 Å². The van der Waals surface area contributed by atoms with Crippen molar-refractivity contribution in [3.63, 3.8) is 0 Å². The maximum Gasteiger partial charge on any atom is 0.306 e. The van der Waals surface area contributed by atoms with Gasteiger partial charge in [0.25, 0.3) is 5.91 Å². The predicted octanol–water partition coefficient (Wildman–Crippen LogP) is 4.60. The fraction of sp³-hybridized carbons (Fsp3) is 0.364. The number of ether oxygens (including phenoxy) is 2. The molecule has 0 aromatic heterocycles. The number of rotatable bonds is 8. The lowest BCUT2D eigenvalue weighted by atomic mass is 9.87. The summed E-state index contributed by atoms with van der Waals surface area (Å²) < 4.78 is 37.3. The monoisotopic (exact) mass is 405 g/mol. The Balaban J connectivity index is 1.66. The Morgan fingerprint density at radius 3 is 2.21 bits per heavy atom. The number of carbonyl (C=O) groups is 2. The zero-order valence-corrected chi connectivity index (χ0v) is 16.8. The zero-order valence-electron chi connectivity index (χ0n) is 16.8. The first-order chi connectivity index (χ1) is 13.7. The van der Waals surface area contributed by atoms with Gasteiger partial charge in [-0.3, -0.25) is 9.59 Å². The molecule has 1 amide bonds. The molecule has 156 valence electrons. The van der Waals surface area contributed by atoms with Crippen molar-refractivity contribution in [1.82, 2.24) is 0 Å². The molecule has 2 aromatic carbocycles. The molecule has 5 nitrogen and oxygen atoms in total. The minimum Gasteiger partial charge on any atom is -0.494 e. The maximum atomic E-state index is 13.5. The van der Waals surface area contributed by atoms with E-state index < -0.39 is 35.8 Å². The summed E-state index contributed by atoms with van der Waals surface area (Å²) in [5.41, 5.74) is 0.688. The molecule has 0 unspecified atom stereocenters. The standard InChI is InChI=1S/C22H25F2NO4/c1-22(2,3)15-9-11-16(12-10-15)28-13-5-8-20(27)29-14-19(26)25-21-17(23)6-4-7-18(21)24/h4,6-7,9-12H,5,8,13-14H2,1-3H3,(H,25,26). The van der Waals surface area contributed by atoms with E-state index in [1.165, 1.54) is 11.6 Å². The van der Waals surface area contributed by atoms with Gasteiger partial charge in [-0.1, -0.05) is 39.0 Å². The van der Waals surface area contributed by atoms with Gasteiger partial charge in [0.15, 0.2) is 6.61 Å². The second-order valence-electron chi connectivity index (χ2n) is 7.53. The van der Waals surface area contributed by atoms with E-state index in [-0.39, 0.29) is 11.8 Å². The van der Waals surface area contributed by atoms with E-state index in [1.807, 2.05) is 29.6 Å². The van der Waals surface area contributed by atoms with Crippen molar-refractivity contribution >= 4 is 17.6 Å². The van der Waals surface area contributed by atoms with Gasteiger partial charge in [-0.15, -0.1) is 0 Å². The highest BCUT2D eigenvalue weighted by atomic mass is 19.1. The minimum absolute atomic E-state index is 0.0570. The molecule has 2 aromatic rings. The normalized spacial score (nSPS) is 11.1. The molecule has 0 radical (unpaired) electrons. The van der Waals surface area contributed by atoms with Gasteiger partial charge in [0.1, 0.15) is 23.1 Å². The Kier molecular flexibility index (Phi) is 7.70. The Bertz CT molecular complexity index is 825. The molecular weight excluding hydrogens is 380 g/mol. The van der Waals surface area contributed by atoms with Gasteiger partial charge < -0.3 is 14.8 Å². The number of benzene rings is 2. The lowest BCUT2D eigenvalue weighted by Gasteiger charge is -2.19. The third-order valence-corrected chi connectivity index (χ3v) is 4.11. The van der Waals surface area contributed by atoms with Crippen LogP contribution in [0.4, 0.5) is 14.5 Å². The van der Waals surface area contributed by atoms with Crippen LogP contribution in [0.15, 0.2) is 42.5 Å². The number of carbonyl (C=O) groups excluding carboxylic acids is 2. The molecule has 1 N–H and O–H groups in total. The van der Waals surface area contributed by atoms with Crippen LogP contribution in [0, 0.1) is 11.6 Å². The average molecular weight is 405 g/mol. The molecule has 0 spiro atoms. The van der Waals surface area contributed by atoms with Crippen molar-refractivity contribution in [1.29, 1.82) is 0 Å². The van der Waals surface area contributed by atoms with E-state index in [4.69, 9.17) is 9.47 Å². The van der Waals surface area contributed by atoms with Crippen LogP contribution in [0.2, 0.25) is 0 Å². The highest BCUT2D eigenvalue weighted by molar-refractivity contribution is 5.93. The number of para-hydroxylation sites is 1. The molecule has 0 aliphatic heterocycles. The molecule has 0 aliphatic rings. The summed E-state index contributed by atoms with van der Waals surface area (Å²) in [5, 5.41) is 2.05. The van der Waals surface area contributed by atoms with Gasteiger partial charge in [0.05, 0.1) is 6.61 Å². The predicted molar refractivity (Wildman–Crippen MR) is 106 cm³/mol. The van der Waals surface area contributed by atoms with Gasteiger partial charge in [-0.2, -0.15) is 0 Å². The smallest absolute Gasteiger partial charge is 0.306 e. The lowest BCUT2D eigenvalue weighted by molar-refractivity contribution is -0.147. The quantitative estimate of drug-likeness (QED) is 0.515. The molecule has 0 aliphatic carbocycles. The summed E-state index contributed by atoms with van der Waals surface area (Å²) in [6, 6.07) is 11.0. The molecular formula is C22H25F2NO4. The SMILES string of the molecule is CC(C)(C)c1ccc(OCCCC(=O)OCC(=O)Nc2c(F)cccc2F)cc1. The van der Waals surface area contributed by atoms with Crippen molar-refractivity contribution in [3.8, 4) is 5.75 Å². The molecule has 0 bridgehead atoms. The maximum absolute atomic E-state index is 13.5. The molecule has 0 heterocycles. The molecule has 2 rings (SSSR count).